The maximum absolute atomic E-state index is 11.3. The van der Waals surface area contributed by atoms with Crippen LogP contribution in [0.2, 0.25) is 0 Å². The predicted molar refractivity (Wildman–Crippen MR) is 61.1 cm³/mol. The molecule has 1 heterocycles. The fraction of sp³-hybridized carbons (Fsp3) is 0.273. The number of methoxy groups -OCH3 is 1. The minimum Gasteiger partial charge on any atom is -0.487 e. The molecule has 0 unspecified atom stereocenters. The fourth-order valence-corrected chi connectivity index (χ4v) is 1.77. The van der Waals surface area contributed by atoms with Gasteiger partial charge in [0.2, 0.25) is 0 Å². The van der Waals surface area contributed by atoms with Crippen LogP contribution in [0.25, 0.3) is 6.08 Å². The van der Waals surface area contributed by atoms with E-state index in [0.29, 0.717) is 0 Å². The van der Waals surface area contributed by atoms with E-state index in [-0.39, 0.29) is 12.2 Å². The minimum atomic E-state index is -0.600. The van der Waals surface area contributed by atoms with Crippen LogP contribution >= 0.6 is 11.3 Å². The van der Waals surface area contributed by atoms with Crippen LogP contribution in [0.5, 0.6) is 5.06 Å². The number of hydrogen-bond donors (Lipinski definition) is 0. The van der Waals surface area contributed by atoms with E-state index in [9.17, 15) is 4.79 Å². The fourth-order valence-electron chi connectivity index (χ4n) is 1.01. The van der Waals surface area contributed by atoms with Gasteiger partial charge in [0.05, 0.1) is 13.7 Å². The highest BCUT2D eigenvalue weighted by molar-refractivity contribution is 7.14. The zero-order valence-electron chi connectivity index (χ0n) is 9.02. The maximum Gasteiger partial charge on any atom is 0.348 e. The molecule has 84 valence electrons. The highest BCUT2D eigenvalue weighted by Gasteiger charge is 2.10. The molecule has 0 aliphatic heterocycles. The third-order valence-corrected chi connectivity index (χ3v) is 2.70. The van der Waals surface area contributed by atoms with E-state index < -0.39 is 5.97 Å². The van der Waals surface area contributed by atoms with Gasteiger partial charge in [-0.3, -0.25) is 0 Å². The Morgan fingerprint density at radius 3 is 2.88 bits per heavy atom. The normalized spacial score (nSPS) is 10.7. The molecule has 1 rings (SSSR count). The van der Waals surface area contributed by atoms with Gasteiger partial charge < -0.3 is 9.47 Å². The van der Waals surface area contributed by atoms with Crippen LogP contribution in [-0.2, 0) is 9.53 Å². The van der Waals surface area contributed by atoms with Crippen molar-refractivity contribution >= 4 is 23.4 Å². The predicted octanol–water partition coefficient (Wildman–Crippen LogP) is 2.23. The Hall–Kier alpha value is -1.80. The molecule has 0 fully saturated rings. The van der Waals surface area contributed by atoms with Crippen molar-refractivity contribution in [3.05, 3.63) is 22.6 Å². The number of esters is 1. The second kappa shape index (κ2) is 5.93. The van der Waals surface area contributed by atoms with Crippen LogP contribution in [0.15, 0.2) is 17.7 Å². The van der Waals surface area contributed by atoms with Gasteiger partial charge in [0, 0.05) is 4.88 Å². The van der Waals surface area contributed by atoms with E-state index in [2.05, 4.69) is 0 Å². The molecular formula is C11H11NO3S. The van der Waals surface area contributed by atoms with Crippen molar-refractivity contribution in [1.82, 2.24) is 0 Å². The summed E-state index contributed by atoms with van der Waals surface area (Å²) in [5.41, 5.74) is -0.00801. The topological polar surface area (TPSA) is 59.3 Å². The number of rotatable bonds is 4. The Balaban J connectivity index is 2.88. The van der Waals surface area contributed by atoms with Crippen molar-refractivity contribution in [1.29, 1.82) is 5.26 Å². The van der Waals surface area contributed by atoms with E-state index in [4.69, 9.17) is 14.7 Å². The summed E-state index contributed by atoms with van der Waals surface area (Å²) in [6.07, 6.45) is 1.49. The number of carbonyl (C=O) groups is 1. The van der Waals surface area contributed by atoms with Crippen molar-refractivity contribution in [2.24, 2.45) is 0 Å². The zero-order valence-corrected chi connectivity index (χ0v) is 9.84. The molecule has 16 heavy (non-hydrogen) atoms. The zero-order chi connectivity index (χ0) is 12.0. The summed E-state index contributed by atoms with van der Waals surface area (Å²) in [6.45, 7) is 1.95. The Morgan fingerprint density at radius 1 is 1.62 bits per heavy atom. The van der Waals surface area contributed by atoms with E-state index >= 15 is 0 Å². The van der Waals surface area contributed by atoms with E-state index in [1.165, 1.54) is 17.4 Å². The summed E-state index contributed by atoms with van der Waals surface area (Å²) in [5, 5.41) is 9.53. The number of thiophene rings is 1. The van der Waals surface area contributed by atoms with Crippen molar-refractivity contribution in [2.75, 3.05) is 13.7 Å². The summed E-state index contributed by atoms with van der Waals surface area (Å²) in [6, 6.07) is 5.37. The average molecular weight is 237 g/mol. The first-order chi connectivity index (χ1) is 7.71. The van der Waals surface area contributed by atoms with Gasteiger partial charge >= 0.3 is 5.97 Å². The number of carbonyl (C=O) groups excluding carboxylic acids is 1. The monoisotopic (exact) mass is 237 g/mol. The van der Waals surface area contributed by atoms with Crippen molar-refractivity contribution in [2.45, 2.75) is 6.92 Å². The summed E-state index contributed by atoms with van der Waals surface area (Å²) < 4.78 is 9.75. The molecule has 5 heteroatoms. The van der Waals surface area contributed by atoms with Gasteiger partial charge in [-0.1, -0.05) is 11.3 Å². The Labute approximate surface area is 97.7 Å². The van der Waals surface area contributed by atoms with Crippen molar-refractivity contribution in [3.63, 3.8) is 0 Å². The lowest BCUT2D eigenvalue weighted by Crippen LogP contribution is -2.05. The van der Waals surface area contributed by atoms with E-state index in [1.54, 1.807) is 26.2 Å². The molecule has 1 aromatic heterocycles. The number of ether oxygens (including phenoxy) is 2. The molecule has 4 nitrogen and oxygen atoms in total. The second-order valence-corrected chi connectivity index (χ2v) is 3.83. The van der Waals surface area contributed by atoms with Crippen LogP contribution in [0.3, 0.4) is 0 Å². The van der Waals surface area contributed by atoms with Gasteiger partial charge in [-0.15, -0.1) is 0 Å². The van der Waals surface area contributed by atoms with E-state index in [1.807, 2.05) is 6.07 Å². The van der Waals surface area contributed by atoms with Gasteiger partial charge in [0.1, 0.15) is 11.6 Å². The average Bonchev–Trinajstić information content (AvgIpc) is 2.73. The lowest BCUT2D eigenvalue weighted by molar-refractivity contribution is -0.137. The van der Waals surface area contributed by atoms with Crippen molar-refractivity contribution in [3.8, 4) is 11.1 Å². The highest BCUT2D eigenvalue weighted by Crippen LogP contribution is 2.25. The first-order valence-electron chi connectivity index (χ1n) is 4.64. The molecule has 0 radical (unpaired) electrons. The molecule has 0 bridgehead atoms. The van der Waals surface area contributed by atoms with Gasteiger partial charge in [-0.2, -0.15) is 5.26 Å². The molecule has 0 N–H and O–H groups in total. The van der Waals surface area contributed by atoms with Crippen LogP contribution in [0, 0.1) is 11.3 Å². The van der Waals surface area contributed by atoms with Gasteiger partial charge in [-0.05, 0) is 25.1 Å². The second-order valence-electron chi connectivity index (χ2n) is 2.75. The standard InChI is InChI=1S/C11H11NO3S/c1-3-15-11(13)8(7-12)6-9-4-5-10(14-2)16-9/h4-6H,3H2,1-2H3/b8-6-. The molecule has 0 atom stereocenters. The van der Waals surface area contributed by atoms with Crippen LogP contribution < -0.4 is 4.74 Å². The number of nitriles is 1. The molecule has 0 aromatic carbocycles. The number of hydrogen-bond acceptors (Lipinski definition) is 5. The van der Waals surface area contributed by atoms with Gasteiger partial charge in [-0.25, -0.2) is 4.79 Å². The van der Waals surface area contributed by atoms with Gasteiger partial charge in [0.25, 0.3) is 0 Å². The summed E-state index contributed by atoms with van der Waals surface area (Å²) in [7, 11) is 1.57. The lowest BCUT2D eigenvalue weighted by atomic mass is 10.2. The van der Waals surface area contributed by atoms with Crippen molar-refractivity contribution < 1.29 is 14.3 Å². The Kier molecular flexibility index (Phi) is 4.55. The molecular weight excluding hydrogens is 226 g/mol. The number of nitrogens with zero attached hydrogens (tertiary/aromatic N) is 1. The summed E-state index contributed by atoms with van der Waals surface area (Å²) in [5.74, 6) is -0.600. The largest absolute Gasteiger partial charge is 0.487 e. The maximum atomic E-state index is 11.3. The lowest BCUT2D eigenvalue weighted by Gasteiger charge is -1.98. The molecule has 1 aromatic rings. The molecule has 0 saturated carbocycles. The third-order valence-electron chi connectivity index (χ3n) is 1.71. The minimum absolute atomic E-state index is 0.00801. The van der Waals surface area contributed by atoms with E-state index in [0.717, 1.165) is 9.94 Å². The van der Waals surface area contributed by atoms with Crippen LogP contribution in [0.1, 0.15) is 11.8 Å². The summed E-state index contributed by atoms with van der Waals surface area (Å²) >= 11 is 1.35. The van der Waals surface area contributed by atoms with Crippen LogP contribution in [-0.4, -0.2) is 19.7 Å². The van der Waals surface area contributed by atoms with Gasteiger partial charge in [0.15, 0.2) is 5.06 Å². The third kappa shape index (κ3) is 3.11. The Bertz CT molecular complexity index is 442. The summed E-state index contributed by atoms with van der Waals surface area (Å²) in [4.78, 5) is 12.1. The molecule has 0 amide bonds. The SMILES string of the molecule is CCOC(=O)/C(C#N)=C\c1ccc(OC)s1. The first-order valence-corrected chi connectivity index (χ1v) is 5.45. The molecule has 0 saturated heterocycles. The molecule has 0 spiro atoms. The first kappa shape index (κ1) is 12.3. The van der Waals surface area contributed by atoms with Crippen LogP contribution in [0.4, 0.5) is 0 Å². The molecule has 0 aliphatic rings. The molecule has 0 aliphatic carbocycles. The quantitative estimate of drug-likeness (QED) is 0.457. The highest BCUT2D eigenvalue weighted by atomic mass is 32.1. The smallest absolute Gasteiger partial charge is 0.348 e. The Morgan fingerprint density at radius 2 is 2.38 bits per heavy atom.